The van der Waals surface area contributed by atoms with Gasteiger partial charge >= 0.3 is 6.09 Å². The third kappa shape index (κ3) is 7.01. The van der Waals surface area contributed by atoms with Crippen molar-refractivity contribution >= 4 is 40.8 Å². The maximum atomic E-state index is 13.4. The molecule has 0 bridgehead atoms. The number of nitrogens with two attached hydrogens (primary N) is 1. The second-order valence-corrected chi connectivity index (χ2v) is 9.94. The number of hydrogen-bond acceptors (Lipinski definition) is 6. The van der Waals surface area contributed by atoms with Gasteiger partial charge < -0.3 is 31.9 Å². The first-order valence-electron chi connectivity index (χ1n) is 11.4. The van der Waals surface area contributed by atoms with E-state index in [0.29, 0.717) is 38.8 Å². The van der Waals surface area contributed by atoms with E-state index in [2.05, 4.69) is 20.9 Å². The Morgan fingerprint density at radius 2 is 1.84 bits per heavy atom. The lowest BCUT2D eigenvalue weighted by molar-refractivity contribution is -0.125. The van der Waals surface area contributed by atoms with E-state index in [4.69, 9.17) is 22.4 Å². The Morgan fingerprint density at radius 3 is 2.46 bits per heavy atom. The number of benzene rings is 2. The van der Waals surface area contributed by atoms with Crippen LogP contribution in [-0.2, 0) is 18.0 Å². The predicted molar refractivity (Wildman–Crippen MR) is 142 cm³/mol. The van der Waals surface area contributed by atoms with Gasteiger partial charge in [-0.15, -0.1) is 0 Å². The highest BCUT2D eigenvalue weighted by atomic mass is 35.5. The zero-order valence-corrected chi connectivity index (χ0v) is 21.4. The Balaban J connectivity index is 1.79. The van der Waals surface area contributed by atoms with Crippen molar-refractivity contribution in [3.05, 3.63) is 64.7 Å². The molecular weight excluding hydrogens is 501 g/mol. The molecule has 11 heteroatoms. The van der Waals surface area contributed by atoms with Crippen molar-refractivity contribution in [2.24, 2.45) is 5.41 Å². The molecule has 0 aliphatic heterocycles. The average Bonchev–Trinajstić information content (AvgIpc) is 2.83. The third-order valence-corrected chi connectivity index (χ3v) is 5.86. The summed E-state index contributed by atoms with van der Waals surface area (Å²) in [5.74, 6) is -0.399. The average molecular weight is 530 g/mol. The number of carboxylic acid groups (broad SMARTS) is 1. The summed E-state index contributed by atoms with van der Waals surface area (Å²) in [5.41, 5.74) is 8.28. The van der Waals surface area contributed by atoms with Crippen molar-refractivity contribution in [1.82, 2.24) is 15.6 Å². The summed E-state index contributed by atoms with van der Waals surface area (Å²) in [6.07, 6.45) is -1.30. The van der Waals surface area contributed by atoms with E-state index in [9.17, 15) is 19.1 Å². The summed E-state index contributed by atoms with van der Waals surface area (Å²) in [7, 11) is 0. The van der Waals surface area contributed by atoms with Crippen LogP contribution in [-0.4, -0.2) is 33.2 Å². The molecular formula is C26H29ClFN5O4. The third-order valence-electron chi connectivity index (χ3n) is 5.62. The lowest BCUT2D eigenvalue weighted by Crippen LogP contribution is -2.53. The highest BCUT2D eigenvalue weighted by Crippen LogP contribution is 2.34. The molecule has 0 saturated heterocycles. The minimum absolute atomic E-state index is 0.0297. The number of anilines is 3. The summed E-state index contributed by atoms with van der Waals surface area (Å²) in [6, 6.07) is 12.0. The molecule has 1 atom stereocenters. The molecule has 0 radical (unpaired) electrons. The number of halogens is 2. The fraction of sp³-hybridized carbons (Fsp3) is 0.269. The Kier molecular flexibility index (Phi) is 8.44. The van der Waals surface area contributed by atoms with Crippen LogP contribution < -0.4 is 21.7 Å². The van der Waals surface area contributed by atoms with Crippen LogP contribution in [0.5, 0.6) is 5.75 Å². The number of nitrogens with zero attached hydrogens (tertiary/aromatic N) is 1. The Labute approximate surface area is 218 Å². The SMILES string of the molecule is CC(C)(C)C(NC(=O)O)C(=O)NCc1ccc(-c2cc(Nc3ccc(Cl)cc3CF)ccc2O)nc1N. The number of rotatable bonds is 8. The van der Waals surface area contributed by atoms with Crippen molar-refractivity contribution in [1.29, 1.82) is 0 Å². The summed E-state index contributed by atoms with van der Waals surface area (Å²) in [6.45, 7) is 4.57. The molecule has 3 rings (SSSR count). The van der Waals surface area contributed by atoms with Gasteiger partial charge in [-0.3, -0.25) is 4.79 Å². The van der Waals surface area contributed by atoms with Gasteiger partial charge in [0.2, 0.25) is 5.91 Å². The van der Waals surface area contributed by atoms with Crippen LogP contribution in [0.3, 0.4) is 0 Å². The molecule has 0 spiro atoms. The number of aromatic nitrogens is 1. The van der Waals surface area contributed by atoms with Gasteiger partial charge in [0, 0.05) is 39.6 Å². The fourth-order valence-corrected chi connectivity index (χ4v) is 3.85. The quantitative estimate of drug-likeness (QED) is 0.219. The lowest BCUT2D eigenvalue weighted by atomic mass is 9.86. The second kappa shape index (κ2) is 11.3. The van der Waals surface area contributed by atoms with Gasteiger partial charge in [0.05, 0.1) is 5.69 Å². The van der Waals surface area contributed by atoms with Crippen molar-refractivity contribution in [3.8, 4) is 17.0 Å². The Bertz CT molecular complexity index is 1310. The van der Waals surface area contributed by atoms with E-state index < -0.39 is 30.1 Å². The number of alkyl halides is 1. The fourth-order valence-electron chi connectivity index (χ4n) is 3.66. The lowest BCUT2D eigenvalue weighted by Gasteiger charge is -2.29. The number of nitrogen functional groups attached to an aromatic ring is 1. The number of carbonyl (C=O) groups excluding carboxylic acids is 1. The zero-order valence-electron chi connectivity index (χ0n) is 20.6. The second-order valence-electron chi connectivity index (χ2n) is 9.50. The topological polar surface area (TPSA) is 150 Å². The van der Waals surface area contributed by atoms with Crippen LogP contribution in [0.2, 0.25) is 5.02 Å². The standard InChI is InChI=1S/C26H29ClFN5O4/c1-26(2,3)22(33-25(36)37)24(35)30-13-14-4-7-20(32-23(14)29)18-11-17(6-9-21(18)34)31-19-8-5-16(27)10-15(19)12-28/h4-11,22,31,33-34H,12-13H2,1-3H3,(H2,29,32)(H,30,35)(H,36,37). The van der Waals surface area contributed by atoms with Gasteiger partial charge in [0.25, 0.3) is 0 Å². The molecule has 196 valence electrons. The first-order valence-corrected chi connectivity index (χ1v) is 11.7. The largest absolute Gasteiger partial charge is 0.507 e. The zero-order chi connectivity index (χ0) is 27.3. The molecule has 2 amide bonds. The number of nitrogens with one attached hydrogen (secondary N) is 3. The minimum Gasteiger partial charge on any atom is -0.507 e. The number of amides is 2. The maximum absolute atomic E-state index is 13.4. The van der Waals surface area contributed by atoms with Crippen molar-refractivity contribution < 1.29 is 24.2 Å². The maximum Gasteiger partial charge on any atom is 0.405 e. The minimum atomic E-state index is -1.30. The van der Waals surface area contributed by atoms with Gasteiger partial charge in [-0.2, -0.15) is 0 Å². The number of aromatic hydroxyl groups is 1. The van der Waals surface area contributed by atoms with E-state index in [0.717, 1.165) is 0 Å². The van der Waals surface area contributed by atoms with Crippen molar-refractivity contribution in [2.75, 3.05) is 11.1 Å². The van der Waals surface area contributed by atoms with Crippen LogP contribution >= 0.6 is 11.6 Å². The number of phenolic OH excluding ortho intramolecular Hbond substituents is 1. The summed E-state index contributed by atoms with van der Waals surface area (Å²) in [4.78, 5) is 28.1. The highest BCUT2D eigenvalue weighted by molar-refractivity contribution is 6.30. The molecule has 7 N–H and O–H groups in total. The van der Waals surface area contributed by atoms with Gasteiger partial charge in [-0.05, 0) is 47.9 Å². The summed E-state index contributed by atoms with van der Waals surface area (Å²) >= 11 is 5.95. The van der Waals surface area contributed by atoms with Gasteiger partial charge in [0.1, 0.15) is 24.3 Å². The number of carbonyl (C=O) groups is 2. The van der Waals surface area contributed by atoms with Crippen molar-refractivity contribution in [3.63, 3.8) is 0 Å². The molecule has 0 saturated carbocycles. The molecule has 1 unspecified atom stereocenters. The number of hydrogen-bond donors (Lipinski definition) is 6. The number of phenols is 1. The first-order chi connectivity index (χ1) is 17.4. The van der Waals surface area contributed by atoms with E-state index in [1.54, 1.807) is 57.2 Å². The first kappa shape index (κ1) is 27.5. The molecule has 1 heterocycles. The van der Waals surface area contributed by atoms with Crippen LogP contribution in [0, 0.1) is 5.41 Å². The molecule has 2 aromatic carbocycles. The summed E-state index contributed by atoms with van der Waals surface area (Å²) in [5, 5.41) is 28.0. The molecule has 1 aromatic heterocycles. The highest BCUT2D eigenvalue weighted by Gasteiger charge is 2.32. The molecule has 0 fully saturated rings. The van der Waals surface area contributed by atoms with E-state index >= 15 is 0 Å². The predicted octanol–water partition coefficient (Wildman–Crippen LogP) is 5.20. The molecule has 3 aromatic rings. The van der Waals surface area contributed by atoms with Gasteiger partial charge in [-0.25, -0.2) is 14.2 Å². The van der Waals surface area contributed by atoms with Crippen LogP contribution in [0.4, 0.5) is 26.4 Å². The van der Waals surface area contributed by atoms with Gasteiger partial charge in [0.15, 0.2) is 0 Å². The summed E-state index contributed by atoms with van der Waals surface area (Å²) < 4.78 is 13.4. The van der Waals surface area contributed by atoms with Crippen LogP contribution in [0.25, 0.3) is 11.3 Å². The molecule has 37 heavy (non-hydrogen) atoms. The van der Waals surface area contributed by atoms with E-state index in [1.807, 2.05) is 0 Å². The molecule has 0 aliphatic rings. The Morgan fingerprint density at radius 1 is 1.11 bits per heavy atom. The van der Waals surface area contributed by atoms with Crippen molar-refractivity contribution in [2.45, 2.75) is 40.0 Å². The smallest absolute Gasteiger partial charge is 0.405 e. The molecule has 9 nitrogen and oxygen atoms in total. The molecule has 0 aliphatic carbocycles. The monoisotopic (exact) mass is 529 g/mol. The van der Waals surface area contributed by atoms with Gasteiger partial charge in [-0.1, -0.05) is 38.4 Å². The van der Waals surface area contributed by atoms with Crippen LogP contribution in [0.1, 0.15) is 31.9 Å². The number of pyridine rings is 1. The Hall–Kier alpha value is -4.05. The van der Waals surface area contributed by atoms with E-state index in [-0.39, 0.29) is 18.1 Å². The van der Waals surface area contributed by atoms with Crippen LogP contribution in [0.15, 0.2) is 48.5 Å². The normalized spacial score (nSPS) is 12.0. The van der Waals surface area contributed by atoms with E-state index in [1.165, 1.54) is 12.1 Å².